The van der Waals surface area contributed by atoms with Gasteiger partial charge in [-0.15, -0.1) is 0 Å². The molecule has 1 saturated heterocycles. The maximum absolute atomic E-state index is 13.1. The van der Waals surface area contributed by atoms with Crippen molar-refractivity contribution in [3.63, 3.8) is 0 Å². The number of ether oxygens (including phenoxy) is 1. The van der Waals surface area contributed by atoms with Gasteiger partial charge in [0.1, 0.15) is 5.75 Å². The highest BCUT2D eigenvalue weighted by Gasteiger charge is 2.25. The zero-order valence-corrected chi connectivity index (χ0v) is 17.7. The van der Waals surface area contributed by atoms with Crippen LogP contribution >= 0.6 is 0 Å². The summed E-state index contributed by atoms with van der Waals surface area (Å²) in [5.74, 6) is 1.38. The van der Waals surface area contributed by atoms with Gasteiger partial charge in [-0.25, -0.2) is 0 Å². The molecule has 1 aromatic carbocycles. The summed E-state index contributed by atoms with van der Waals surface area (Å²) in [7, 11) is 1.66. The van der Waals surface area contributed by atoms with Crippen molar-refractivity contribution in [3.8, 4) is 5.75 Å². The Balaban J connectivity index is 2.13. The van der Waals surface area contributed by atoms with Gasteiger partial charge in [0, 0.05) is 43.7 Å². The van der Waals surface area contributed by atoms with Gasteiger partial charge >= 0.3 is 0 Å². The summed E-state index contributed by atoms with van der Waals surface area (Å²) in [6, 6.07) is 5.67. The molecule has 1 aromatic rings. The minimum atomic E-state index is -0.111. The van der Waals surface area contributed by atoms with Crippen LogP contribution in [0.2, 0.25) is 0 Å². The van der Waals surface area contributed by atoms with Gasteiger partial charge in [0.15, 0.2) is 0 Å². The van der Waals surface area contributed by atoms with E-state index in [9.17, 15) is 9.59 Å². The predicted octanol–water partition coefficient (Wildman–Crippen LogP) is 3.71. The van der Waals surface area contributed by atoms with Gasteiger partial charge in [-0.1, -0.05) is 34.6 Å². The highest BCUT2D eigenvalue weighted by molar-refractivity contribution is 5.94. The average molecular weight is 375 g/mol. The van der Waals surface area contributed by atoms with Crippen molar-refractivity contribution in [2.45, 2.75) is 52.9 Å². The lowest BCUT2D eigenvalue weighted by Gasteiger charge is -2.25. The molecule has 0 bridgehead atoms. The molecule has 1 heterocycles. The Hall–Kier alpha value is -2.04. The first-order valence-corrected chi connectivity index (χ1v) is 9.89. The molecule has 1 aliphatic heterocycles. The van der Waals surface area contributed by atoms with Crippen molar-refractivity contribution in [2.24, 2.45) is 5.92 Å². The van der Waals surface area contributed by atoms with Gasteiger partial charge in [-0.2, -0.15) is 0 Å². The van der Waals surface area contributed by atoms with Crippen LogP contribution in [-0.4, -0.2) is 54.9 Å². The molecule has 0 N–H and O–H groups in total. The summed E-state index contributed by atoms with van der Waals surface area (Å²) in [6.45, 7) is 13.1. The van der Waals surface area contributed by atoms with Crippen LogP contribution in [0.25, 0.3) is 0 Å². The normalized spacial score (nSPS) is 15.7. The van der Waals surface area contributed by atoms with Crippen LogP contribution in [0.1, 0.15) is 63.4 Å². The number of carbonyl (C=O) groups is 2. The first-order valence-electron chi connectivity index (χ1n) is 9.89. The Morgan fingerprint density at radius 3 is 2.30 bits per heavy atom. The molecule has 0 spiro atoms. The van der Waals surface area contributed by atoms with Crippen LogP contribution in [0.5, 0.6) is 5.75 Å². The number of nitrogens with zero attached hydrogens (tertiary/aromatic N) is 2. The molecule has 2 rings (SSSR count). The highest BCUT2D eigenvalue weighted by atomic mass is 16.5. The maximum Gasteiger partial charge on any atom is 0.253 e. The summed E-state index contributed by atoms with van der Waals surface area (Å²) in [6.07, 6.45) is 1.39. The van der Waals surface area contributed by atoms with Crippen molar-refractivity contribution in [3.05, 3.63) is 29.3 Å². The smallest absolute Gasteiger partial charge is 0.253 e. The van der Waals surface area contributed by atoms with E-state index in [1.165, 1.54) is 0 Å². The minimum absolute atomic E-state index is 0.0290. The summed E-state index contributed by atoms with van der Waals surface area (Å²) < 4.78 is 5.48. The van der Waals surface area contributed by atoms with E-state index in [1.54, 1.807) is 7.11 Å². The Bertz CT molecular complexity index is 677. The number of carbonyl (C=O) groups excluding carboxylic acids is 2. The molecule has 0 radical (unpaired) electrons. The van der Waals surface area contributed by atoms with E-state index in [1.807, 2.05) is 28.0 Å². The van der Waals surface area contributed by atoms with Crippen molar-refractivity contribution >= 4 is 11.8 Å². The number of benzene rings is 1. The summed E-state index contributed by atoms with van der Waals surface area (Å²) in [5, 5.41) is 0. The fraction of sp³-hybridized carbons (Fsp3) is 0.636. The molecule has 27 heavy (non-hydrogen) atoms. The van der Waals surface area contributed by atoms with Crippen LogP contribution in [-0.2, 0) is 10.2 Å². The van der Waals surface area contributed by atoms with Crippen molar-refractivity contribution in [1.82, 2.24) is 9.80 Å². The van der Waals surface area contributed by atoms with Crippen LogP contribution in [0.15, 0.2) is 18.2 Å². The second kappa shape index (κ2) is 8.77. The summed E-state index contributed by atoms with van der Waals surface area (Å²) >= 11 is 0. The van der Waals surface area contributed by atoms with Gasteiger partial charge in [0.2, 0.25) is 5.91 Å². The first-order chi connectivity index (χ1) is 12.6. The van der Waals surface area contributed by atoms with E-state index < -0.39 is 0 Å². The van der Waals surface area contributed by atoms with Gasteiger partial charge in [0.05, 0.1) is 7.11 Å². The molecule has 1 fully saturated rings. The number of hydrogen-bond acceptors (Lipinski definition) is 3. The SMILES string of the molecule is COc1ccc(C(=O)N2CCCN(C(=O)CC(C)C)CC2)cc1C(C)(C)C. The number of rotatable bonds is 4. The third kappa shape index (κ3) is 5.47. The molecule has 5 heteroatoms. The van der Waals surface area contributed by atoms with Crippen molar-refractivity contribution in [1.29, 1.82) is 0 Å². The molecular weight excluding hydrogens is 340 g/mol. The monoisotopic (exact) mass is 374 g/mol. The maximum atomic E-state index is 13.1. The third-order valence-electron chi connectivity index (χ3n) is 4.97. The Kier molecular flexibility index (Phi) is 6.90. The van der Waals surface area contributed by atoms with Gasteiger partial charge in [0.25, 0.3) is 5.91 Å². The van der Waals surface area contributed by atoms with E-state index in [0.717, 1.165) is 24.3 Å². The third-order valence-corrected chi connectivity index (χ3v) is 4.97. The molecule has 0 unspecified atom stereocenters. The van der Waals surface area contributed by atoms with Crippen molar-refractivity contribution in [2.75, 3.05) is 33.3 Å². The van der Waals surface area contributed by atoms with Crippen LogP contribution in [0, 0.1) is 5.92 Å². The van der Waals surface area contributed by atoms with E-state index in [-0.39, 0.29) is 17.2 Å². The van der Waals surface area contributed by atoms with Gasteiger partial charge in [-0.05, 0) is 36.0 Å². The second-order valence-electron chi connectivity index (χ2n) is 8.79. The zero-order chi connectivity index (χ0) is 20.2. The number of amides is 2. The minimum Gasteiger partial charge on any atom is -0.496 e. The second-order valence-corrected chi connectivity index (χ2v) is 8.79. The van der Waals surface area contributed by atoms with Gasteiger partial charge in [-0.3, -0.25) is 9.59 Å². The summed E-state index contributed by atoms with van der Waals surface area (Å²) in [5.41, 5.74) is 1.60. The molecule has 0 saturated carbocycles. The zero-order valence-electron chi connectivity index (χ0n) is 17.7. The number of hydrogen-bond donors (Lipinski definition) is 0. The van der Waals surface area contributed by atoms with Gasteiger partial charge < -0.3 is 14.5 Å². The lowest BCUT2D eigenvalue weighted by molar-refractivity contribution is -0.131. The molecule has 150 valence electrons. The predicted molar refractivity (Wildman–Crippen MR) is 108 cm³/mol. The van der Waals surface area contributed by atoms with Crippen molar-refractivity contribution < 1.29 is 14.3 Å². The van der Waals surface area contributed by atoms with E-state index in [2.05, 4.69) is 34.6 Å². The standard InChI is InChI=1S/C22H34N2O3/c1-16(2)14-20(25)23-10-7-11-24(13-12-23)21(26)17-8-9-19(27-6)18(15-17)22(3,4)5/h8-9,15-16H,7,10-14H2,1-6H3. The molecule has 0 atom stereocenters. The Labute approximate surface area is 163 Å². The average Bonchev–Trinajstić information content (AvgIpc) is 2.85. The fourth-order valence-corrected chi connectivity index (χ4v) is 3.46. The molecule has 0 aliphatic carbocycles. The molecular formula is C22H34N2O3. The van der Waals surface area contributed by atoms with Crippen LogP contribution < -0.4 is 4.74 Å². The Morgan fingerprint density at radius 2 is 1.70 bits per heavy atom. The first kappa shape index (κ1) is 21.3. The lowest BCUT2D eigenvalue weighted by Crippen LogP contribution is -2.37. The summed E-state index contributed by atoms with van der Waals surface area (Å²) in [4.78, 5) is 29.2. The Morgan fingerprint density at radius 1 is 1.07 bits per heavy atom. The lowest BCUT2D eigenvalue weighted by atomic mass is 9.85. The van der Waals surface area contributed by atoms with E-state index >= 15 is 0 Å². The van der Waals surface area contributed by atoms with E-state index in [0.29, 0.717) is 37.5 Å². The molecule has 5 nitrogen and oxygen atoms in total. The fourth-order valence-electron chi connectivity index (χ4n) is 3.46. The molecule has 0 aromatic heterocycles. The quantitative estimate of drug-likeness (QED) is 0.807. The highest BCUT2D eigenvalue weighted by Crippen LogP contribution is 2.32. The largest absolute Gasteiger partial charge is 0.496 e. The van der Waals surface area contributed by atoms with Crippen LogP contribution in [0.3, 0.4) is 0 Å². The molecule has 1 aliphatic rings. The number of methoxy groups -OCH3 is 1. The molecule has 2 amide bonds. The topological polar surface area (TPSA) is 49.9 Å². The van der Waals surface area contributed by atoms with Crippen LogP contribution in [0.4, 0.5) is 0 Å². The van der Waals surface area contributed by atoms with E-state index in [4.69, 9.17) is 4.74 Å².